The molecule has 1 aromatic carbocycles. The average Bonchev–Trinajstić information content (AvgIpc) is 2.78. The number of anilines is 1. The van der Waals surface area contributed by atoms with Crippen LogP contribution in [-0.4, -0.2) is 24.9 Å². The number of aromatic nitrogens is 2. The zero-order valence-electron chi connectivity index (χ0n) is 12.7. The Morgan fingerprint density at radius 1 is 1.14 bits per heavy atom. The molecule has 0 fully saturated rings. The lowest BCUT2D eigenvalue weighted by molar-refractivity contribution is 0.591. The lowest BCUT2D eigenvalue weighted by atomic mass is 9.98. The summed E-state index contributed by atoms with van der Waals surface area (Å²) in [5.74, 6) is 0.757. The molecule has 1 atom stereocenters. The van der Waals surface area contributed by atoms with Gasteiger partial charge in [0.1, 0.15) is 5.25 Å². The van der Waals surface area contributed by atoms with Gasteiger partial charge in [-0.2, -0.15) is 5.10 Å². The van der Waals surface area contributed by atoms with Gasteiger partial charge in [0.25, 0.3) is 0 Å². The number of nitrogens with two attached hydrogens (primary N) is 1. The minimum absolute atomic E-state index is 0.317. The average molecular weight is 307 g/mol. The van der Waals surface area contributed by atoms with E-state index in [1.54, 1.807) is 6.92 Å². The second-order valence-electron chi connectivity index (χ2n) is 5.65. The van der Waals surface area contributed by atoms with E-state index in [0.29, 0.717) is 23.0 Å². The van der Waals surface area contributed by atoms with Crippen LogP contribution in [0.4, 0.5) is 5.82 Å². The van der Waals surface area contributed by atoms with Crippen LogP contribution in [0, 0.1) is 0 Å². The summed E-state index contributed by atoms with van der Waals surface area (Å²) in [7, 11) is -3.22. The van der Waals surface area contributed by atoms with Gasteiger partial charge in [-0.1, -0.05) is 38.1 Å². The molecule has 0 aliphatic heterocycles. The third kappa shape index (κ3) is 3.10. The molecule has 3 N–H and O–H groups in total. The van der Waals surface area contributed by atoms with Crippen molar-refractivity contribution in [2.45, 2.75) is 31.9 Å². The first-order valence-corrected chi connectivity index (χ1v) is 8.80. The highest BCUT2D eigenvalue weighted by molar-refractivity contribution is 7.90. The van der Waals surface area contributed by atoms with E-state index in [2.05, 4.69) is 24.0 Å². The molecule has 2 aromatic rings. The van der Waals surface area contributed by atoms with Gasteiger partial charge in [0.2, 0.25) is 0 Å². The molecule has 114 valence electrons. The van der Waals surface area contributed by atoms with Crippen molar-refractivity contribution in [1.82, 2.24) is 10.2 Å². The summed E-state index contributed by atoms with van der Waals surface area (Å²) in [6.45, 7) is 5.88. The second kappa shape index (κ2) is 5.52. The molecule has 0 radical (unpaired) electrons. The molecule has 2 rings (SSSR count). The highest BCUT2D eigenvalue weighted by atomic mass is 32.2. The lowest BCUT2D eigenvalue weighted by Crippen LogP contribution is -2.09. The largest absolute Gasteiger partial charge is 0.382 e. The number of H-pyrrole nitrogens is 1. The Kier molecular flexibility index (Phi) is 4.09. The van der Waals surface area contributed by atoms with Crippen LogP contribution in [-0.2, 0) is 9.84 Å². The van der Waals surface area contributed by atoms with Crippen LogP contribution >= 0.6 is 0 Å². The van der Waals surface area contributed by atoms with Crippen LogP contribution < -0.4 is 5.73 Å². The minimum Gasteiger partial charge on any atom is -0.382 e. The summed E-state index contributed by atoms with van der Waals surface area (Å²) < 4.78 is 23.6. The fourth-order valence-electron chi connectivity index (χ4n) is 2.22. The molecule has 0 aliphatic rings. The van der Waals surface area contributed by atoms with Gasteiger partial charge in [0.15, 0.2) is 15.7 Å². The topological polar surface area (TPSA) is 88.8 Å². The number of sulfone groups is 1. The van der Waals surface area contributed by atoms with Crippen LogP contribution in [0.25, 0.3) is 11.1 Å². The molecule has 0 saturated heterocycles. The molecule has 5 nitrogen and oxygen atoms in total. The Bertz CT molecular complexity index is 731. The summed E-state index contributed by atoms with van der Waals surface area (Å²) in [4.78, 5) is 0. The van der Waals surface area contributed by atoms with Gasteiger partial charge in [-0.05, 0) is 24.0 Å². The predicted octanol–water partition coefficient (Wildman–Crippen LogP) is 2.89. The molecule has 0 aliphatic carbocycles. The predicted molar refractivity (Wildman–Crippen MR) is 85.8 cm³/mol. The Balaban J connectivity index is 2.52. The molecule has 21 heavy (non-hydrogen) atoms. The zero-order chi connectivity index (χ0) is 15.8. The van der Waals surface area contributed by atoms with E-state index in [1.165, 1.54) is 11.8 Å². The van der Waals surface area contributed by atoms with Crippen LogP contribution in [0.2, 0.25) is 0 Å². The molecule has 0 spiro atoms. The van der Waals surface area contributed by atoms with Crippen molar-refractivity contribution in [1.29, 1.82) is 0 Å². The summed E-state index contributed by atoms with van der Waals surface area (Å²) in [6, 6.07) is 7.97. The van der Waals surface area contributed by atoms with Crippen molar-refractivity contribution in [3.8, 4) is 11.1 Å². The van der Waals surface area contributed by atoms with E-state index >= 15 is 0 Å². The molecule has 1 aromatic heterocycles. The number of rotatable bonds is 4. The standard InChI is InChI=1S/C15H21N3O2S/c1-9(2)11-5-7-12(8-6-11)13-14(17-18-15(13)16)10(3)21(4,19)20/h5-10H,1-4H3,(H3,16,17,18). The Labute approximate surface area is 125 Å². The van der Waals surface area contributed by atoms with Crippen LogP contribution in [0.3, 0.4) is 0 Å². The lowest BCUT2D eigenvalue weighted by Gasteiger charge is -2.11. The molecule has 0 saturated carbocycles. The number of hydrogen-bond acceptors (Lipinski definition) is 4. The van der Waals surface area contributed by atoms with Crippen LogP contribution in [0.15, 0.2) is 24.3 Å². The monoisotopic (exact) mass is 307 g/mol. The molecule has 1 unspecified atom stereocenters. The maximum atomic E-state index is 11.8. The first kappa shape index (κ1) is 15.6. The molecule has 0 bridgehead atoms. The maximum Gasteiger partial charge on any atom is 0.155 e. The summed E-state index contributed by atoms with van der Waals surface area (Å²) in [5, 5.41) is 6.06. The smallest absolute Gasteiger partial charge is 0.155 e. The first-order chi connectivity index (χ1) is 9.71. The van der Waals surface area contributed by atoms with Gasteiger partial charge in [-0.25, -0.2) is 8.42 Å². The summed E-state index contributed by atoms with van der Waals surface area (Å²) in [5.41, 5.74) is 9.21. The summed E-state index contributed by atoms with van der Waals surface area (Å²) in [6.07, 6.45) is 1.21. The van der Waals surface area contributed by atoms with Crippen molar-refractivity contribution in [2.24, 2.45) is 0 Å². The van der Waals surface area contributed by atoms with E-state index in [0.717, 1.165) is 5.56 Å². The quantitative estimate of drug-likeness (QED) is 0.909. The molecule has 1 heterocycles. The van der Waals surface area contributed by atoms with Gasteiger partial charge in [-0.15, -0.1) is 0 Å². The molecule has 0 amide bonds. The highest BCUT2D eigenvalue weighted by Gasteiger charge is 2.25. The van der Waals surface area contributed by atoms with Gasteiger partial charge >= 0.3 is 0 Å². The number of nitrogens with zero attached hydrogens (tertiary/aromatic N) is 1. The van der Waals surface area contributed by atoms with E-state index in [9.17, 15) is 8.42 Å². The maximum absolute atomic E-state index is 11.8. The normalized spacial score (nSPS) is 13.6. The first-order valence-electron chi connectivity index (χ1n) is 6.84. The number of nitrogens with one attached hydrogen (secondary N) is 1. The highest BCUT2D eigenvalue weighted by Crippen LogP contribution is 2.34. The van der Waals surface area contributed by atoms with E-state index in [-0.39, 0.29) is 0 Å². The number of aromatic amines is 1. The third-order valence-electron chi connectivity index (χ3n) is 3.74. The Morgan fingerprint density at radius 2 is 1.71 bits per heavy atom. The van der Waals surface area contributed by atoms with E-state index < -0.39 is 15.1 Å². The van der Waals surface area contributed by atoms with Crippen molar-refractivity contribution < 1.29 is 8.42 Å². The van der Waals surface area contributed by atoms with Gasteiger partial charge in [-0.3, -0.25) is 5.10 Å². The van der Waals surface area contributed by atoms with Crippen molar-refractivity contribution in [3.63, 3.8) is 0 Å². The summed E-state index contributed by atoms with van der Waals surface area (Å²) >= 11 is 0. The van der Waals surface area contributed by atoms with Gasteiger partial charge < -0.3 is 5.73 Å². The van der Waals surface area contributed by atoms with Crippen LogP contribution in [0.1, 0.15) is 43.2 Å². The number of benzene rings is 1. The fourth-order valence-corrected chi connectivity index (χ4v) is 2.82. The molecule has 6 heteroatoms. The fraction of sp³-hybridized carbons (Fsp3) is 0.400. The van der Waals surface area contributed by atoms with Crippen molar-refractivity contribution in [2.75, 3.05) is 12.0 Å². The third-order valence-corrected chi connectivity index (χ3v) is 5.26. The van der Waals surface area contributed by atoms with E-state index in [4.69, 9.17) is 5.73 Å². The van der Waals surface area contributed by atoms with Crippen molar-refractivity contribution >= 4 is 15.7 Å². The van der Waals surface area contributed by atoms with Crippen molar-refractivity contribution in [3.05, 3.63) is 35.5 Å². The second-order valence-corrected chi connectivity index (χ2v) is 8.01. The Morgan fingerprint density at radius 3 is 2.19 bits per heavy atom. The van der Waals surface area contributed by atoms with Gasteiger partial charge in [0, 0.05) is 11.8 Å². The SMILES string of the molecule is CC(C)c1ccc(-c2c(N)n[nH]c2C(C)S(C)(=O)=O)cc1. The molecular formula is C15H21N3O2S. The zero-order valence-corrected chi connectivity index (χ0v) is 13.5. The molecular weight excluding hydrogens is 286 g/mol. The Hall–Kier alpha value is -1.82. The number of hydrogen-bond donors (Lipinski definition) is 2. The number of nitrogen functional groups attached to an aromatic ring is 1. The van der Waals surface area contributed by atoms with Crippen LogP contribution in [0.5, 0.6) is 0 Å². The van der Waals surface area contributed by atoms with E-state index in [1.807, 2.05) is 24.3 Å². The minimum atomic E-state index is -3.22. The van der Waals surface area contributed by atoms with Gasteiger partial charge in [0.05, 0.1) is 5.69 Å².